The predicted molar refractivity (Wildman–Crippen MR) is 107 cm³/mol. The van der Waals surface area contributed by atoms with Gasteiger partial charge in [-0.05, 0) is 23.8 Å². The van der Waals surface area contributed by atoms with E-state index in [-0.39, 0.29) is 0 Å². The lowest BCUT2D eigenvalue weighted by atomic mass is 10.1. The van der Waals surface area contributed by atoms with E-state index in [9.17, 15) is 0 Å². The molecule has 2 heterocycles. The molecule has 0 bridgehead atoms. The van der Waals surface area contributed by atoms with E-state index in [2.05, 4.69) is 66.6 Å². The minimum atomic E-state index is 0.688. The number of aliphatic imine (C=N–C) groups is 1. The Hall–Kier alpha value is -3.22. The van der Waals surface area contributed by atoms with E-state index in [0.717, 1.165) is 42.6 Å². The van der Waals surface area contributed by atoms with Crippen molar-refractivity contribution >= 4 is 5.96 Å². The largest absolute Gasteiger partial charge is 0.355 e. The van der Waals surface area contributed by atoms with Gasteiger partial charge in [-0.15, -0.1) is 10.2 Å². The van der Waals surface area contributed by atoms with Gasteiger partial charge in [0, 0.05) is 44.9 Å². The molecule has 0 radical (unpaired) electrons. The summed E-state index contributed by atoms with van der Waals surface area (Å²) in [5.41, 5.74) is 3.26. The van der Waals surface area contributed by atoms with Crippen LogP contribution in [0.15, 0.2) is 60.0 Å². The fourth-order valence-electron chi connectivity index (χ4n) is 2.81. The van der Waals surface area contributed by atoms with Gasteiger partial charge in [-0.2, -0.15) is 0 Å². The van der Waals surface area contributed by atoms with Crippen LogP contribution in [-0.2, 0) is 19.5 Å². The third kappa shape index (κ3) is 5.13. The molecule has 2 aromatic heterocycles. The van der Waals surface area contributed by atoms with Crippen LogP contribution in [0.5, 0.6) is 0 Å². The minimum Gasteiger partial charge on any atom is -0.355 e. The van der Waals surface area contributed by atoms with E-state index in [1.807, 2.05) is 24.4 Å². The molecule has 0 aliphatic rings. The number of nitrogens with one attached hydrogen (secondary N) is 2. The average Bonchev–Trinajstić information content (AvgIpc) is 3.19. The van der Waals surface area contributed by atoms with Crippen LogP contribution in [0.1, 0.15) is 18.3 Å². The number of aromatic nitrogens is 4. The van der Waals surface area contributed by atoms with E-state index in [4.69, 9.17) is 0 Å². The number of rotatable bonds is 7. The molecule has 0 atom stereocenters. The zero-order valence-electron chi connectivity index (χ0n) is 15.8. The van der Waals surface area contributed by atoms with Gasteiger partial charge in [0.05, 0.1) is 5.69 Å². The Morgan fingerprint density at radius 2 is 2.07 bits per heavy atom. The van der Waals surface area contributed by atoms with Crippen molar-refractivity contribution in [3.05, 3.63) is 66.4 Å². The summed E-state index contributed by atoms with van der Waals surface area (Å²) in [7, 11) is 1.77. The molecule has 3 rings (SSSR count). The molecule has 0 spiro atoms. The molecule has 0 fully saturated rings. The molecule has 0 aliphatic heterocycles. The number of guanidine groups is 1. The number of aryl methyl sites for hydroxylation is 1. The molecule has 2 N–H and O–H groups in total. The van der Waals surface area contributed by atoms with Crippen molar-refractivity contribution in [2.45, 2.75) is 26.4 Å². The van der Waals surface area contributed by atoms with E-state index in [1.165, 1.54) is 5.56 Å². The molecule has 7 nitrogen and oxygen atoms in total. The van der Waals surface area contributed by atoms with Crippen molar-refractivity contribution in [2.24, 2.45) is 4.99 Å². The van der Waals surface area contributed by atoms with Gasteiger partial charge in [0.1, 0.15) is 12.2 Å². The molecule has 7 heteroatoms. The van der Waals surface area contributed by atoms with Crippen molar-refractivity contribution in [1.29, 1.82) is 0 Å². The first kappa shape index (κ1) is 18.6. The summed E-state index contributed by atoms with van der Waals surface area (Å²) in [6, 6.07) is 14.3. The van der Waals surface area contributed by atoms with E-state index < -0.39 is 0 Å². The lowest BCUT2D eigenvalue weighted by Gasteiger charge is -2.13. The summed E-state index contributed by atoms with van der Waals surface area (Å²) in [4.78, 5) is 8.70. The Balaban J connectivity index is 1.52. The maximum atomic E-state index is 4.41. The lowest BCUT2D eigenvalue weighted by molar-refractivity contribution is 0.632. The highest BCUT2D eigenvalue weighted by molar-refractivity contribution is 5.79. The molecular weight excluding hydrogens is 338 g/mol. The second-order valence-electron chi connectivity index (χ2n) is 6.06. The molecule has 27 heavy (non-hydrogen) atoms. The highest BCUT2D eigenvalue weighted by Gasteiger charge is 2.04. The van der Waals surface area contributed by atoms with Crippen LogP contribution in [0.25, 0.3) is 11.3 Å². The summed E-state index contributed by atoms with van der Waals surface area (Å²) in [6.07, 6.45) is 4.45. The second kappa shape index (κ2) is 9.47. The van der Waals surface area contributed by atoms with Gasteiger partial charge in [0.15, 0.2) is 5.96 Å². The van der Waals surface area contributed by atoms with Crippen LogP contribution >= 0.6 is 0 Å². The molecule has 0 unspecified atom stereocenters. The van der Waals surface area contributed by atoms with Gasteiger partial charge in [-0.3, -0.25) is 9.98 Å². The number of nitrogens with zero attached hydrogens (tertiary/aromatic N) is 5. The maximum absolute atomic E-state index is 4.41. The quantitative estimate of drug-likeness (QED) is 0.497. The summed E-state index contributed by atoms with van der Waals surface area (Å²) in [5.74, 6) is 1.76. The summed E-state index contributed by atoms with van der Waals surface area (Å²) in [6.45, 7) is 4.31. The van der Waals surface area contributed by atoms with Crippen LogP contribution in [0, 0.1) is 0 Å². The molecule has 0 amide bonds. The third-order valence-corrected chi connectivity index (χ3v) is 4.23. The van der Waals surface area contributed by atoms with Crippen LogP contribution in [-0.4, -0.2) is 39.3 Å². The van der Waals surface area contributed by atoms with Crippen molar-refractivity contribution in [3.63, 3.8) is 0 Å². The normalized spacial score (nSPS) is 11.4. The summed E-state index contributed by atoms with van der Waals surface area (Å²) in [5, 5.41) is 14.7. The Morgan fingerprint density at radius 1 is 1.15 bits per heavy atom. The standard InChI is InChI=1S/C20H25N7/c1-3-19-26-25-15-27(19)12-11-23-20(21-2)24-14-16-7-6-8-17(13-16)18-9-4-5-10-22-18/h4-10,13,15H,3,11-12,14H2,1-2H3,(H2,21,23,24). The SMILES string of the molecule is CCc1nncn1CCNC(=NC)NCc1cccc(-c2ccccn2)c1. The van der Waals surface area contributed by atoms with Gasteiger partial charge in [-0.25, -0.2) is 0 Å². The number of pyridine rings is 1. The van der Waals surface area contributed by atoms with Crippen molar-refractivity contribution in [3.8, 4) is 11.3 Å². The molecule has 1 aromatic carbocycles. The summed E-state index contributed by atoms with van der Waals surface area (Å²) >= 11 is 0. The van der Waals surface area contributed by atoms with Gasteiger partial charge in [0.25, 0.3) is 0 Å². The van der Waals surface area contributed by atoms with Crippen LogP contribution in [0.4, 0.5) is 0 Å². The fourth-order valence-corrected chi connectivity index (χ4v) is 2.81. The Kier molecular flexibility index (Phi) is 6.51. The smallest absolute Gasteiger partial charge is 0.191 e. The highest BCUT2D eigenvalue weighted by atomic mass is 15.3. The Labute approximate surface area is 159 Å². The molecule has 0 saturated carbocycles. The van der Waals surface area contributed by atoms with Crippen molar-refractivity contribution in [2.75, 3.05) is 13.6 Å². The fraction of sp³-hybridized carbons (Fsp3) is 0.300. The first-order chi connectivity index (χ1) is 13.3. The van der Waals surface area contributed by atoms with Gasteiger partial charge < -0.3 is 15.2 Å². The topological polar surface area (TPSA) is 80.0 Å². The number of benzene rings is 1. The monoisotopic (exact) mass is 363 g/mol. The molecule has 3 aromatic rings. The average molecular weight is 363 g/mol. The van der Waals surface area contributed by atoms with Gasteiger partial charge in [0.2, 0.25) is 0 Å². The predicted octanol–water partition coefficient (Wildman–Crippen LogP) is 2.27. The van der Waals surface area contributed by atoms with Crippen molar-refractivity contribution < 1.29 is 0 Å². The first-order valence-corrected chi connectivity index (χ1v) is 9.11. The summed E-state index contributed by atoms with van der Waals surface area (Å²) < 4.78 is 2.05. The number of hydrogen-bond donors (Lipinski definition) is 2. The van der Waals surface area contributed by atoms with Crippen molar-refractivity contribution in [1.82, 2.24) is 30.4 Å². The van der Waals surface area contributed by atoms with Gasteiger partial charge in [-0.1, -0.05) is 31.2 Å². The maximum Gasteiger partial charge on any atom is 0.191 e. The third-order valence-electron chi connectivity index (χ3n) is 4.23. The molecule has 0 aliphatic carbocycles. The number of hydrogen-bond acceptors (Lipinski definition) is 4. The van der Waals surface area contributed by atoms with Crippen LogP contribution < -0.4 is 10.6 Å². The lowest BCUT2D eigenvalue weighted by Crippen LogP contribution is -2.38. The molecule has 140 valence electrons. The molecular formula is C20H25N7. The zero-order chi connectivity index (χ0) is 18.9. The van der Waals surface area contributed by atoms with E-state index >= 15 is 0 Å². The molecule has 0 saturated heterocycles. The Morgan fingerprint density at radius 3 is 2.85 bits per heavy atom. The highest BCUT2D eigenvalue weighted by Crippen LogP contribution is 2.17. The van der Waals surface area contributed by atoms with Gasteiger partial charge >= 0.3 is 0 Å². The zero-order valence-corrected chi connectivity index (χ0v) is 15.8. The second-order valence-corrected chi connectivity index (χ2v) is 6.06. The van der Waals surface area contributed by atoms with E-state index in [0.29, 0.717) is 6.54 Å². The minimum absolute atomic E-state index is 0.688. The van der Waals surface area contributed by atoms with Crippen LogP contribution in [0.2, 0.25) is 0 Å². The Bertz CT molecular complexity index is 871. The van der Waals surface area contributed by atoms with Crippen LogP contribution in [0.3, 0.4) is 0 Å². The first-order valence-electron chi connectivity index (χ1n) is 9.11. The van der Waals surface area contributed by atoms with E-state index in [1.54, 1.807) is 13.4 Å².